The molecule has 2 N–H and O–H groups in total. The van der Waals surface area contributed by atoms with Gasteiger partial charge in [-0.25, -0.2) is 9.98 Å². The van der Waals surface area contributed by atoms with Gasteiger partial charge >= 0.3 is 0 Å². The number of aliphatic imine (C=N–C) groups is 1. The SMILES string of the molecule is CCC1=C(CC)/C(=C/c2[nH]c(/C=c3\[nH]c(=c4cccc5c4=NC(=O)C5(CC)CC)c(CC)c3CC)c(CC)c2CC)N=C1OC. The van der Waals surface area contributed by atoms with Crippen molar-refractivity contribution in [2.24, 2.45) is 9.98 Å². The summed E-state index contributed by atoms with van der Waals surface area (Å²) in [6, 6.07) is 6.31. The monoisotopic (exact) mass is 606 g/mol. The Balaban J connectivity index is 1.78. The first-order valence-electron chi connectivity index (χ1n) is 17.1. The Morgan fingerprint density at radius 3 is 1.91 bits per heavy atom. The van der Waals surface area contributed by atoms with Crippen molar-refractivity contribution in [2.75, 3.05) is 7.11 Å². The summed E-state index contributed by atoms with van der Waals surface area (Å²) in [5.74, 6) is 0.730. The van der Waals surface area contributed by atoms with Crippen LogP contribution in [0.3, 0.4) is 0 Å². The second-order valence-corrected chi connectivity index (χ2v) is 12.1. The molecule has 0 atom stereocenters. The zero-order valence-electron chi connectivity index (χ0n) is 28.8. The van der Waals surface area contributed by atoms with Crippen molar-refractivity contribution >= 4 is 24.0 Å². The van der Waals surface area contributed by atoms with Crippen LogP contribution in [-0.2, 0) is 40.6 Å². The molecule has 1 aromatic carbocycles. The molecular weight excluding hydrogens is 556 g/mol. The second kappa shape index (κ2) is 13.2. The van der Waals surface area contributed by atoms with Crippen LogP contribution in [0.15, 0.2) is 45.0 Å². The molecule has 0 bridgehead atoms. The van der Waals surface area contributed by atoms with Crippen molar-refractivity contribution in [3.8, 4) is 0 Å². The number of H-pyrrole nitrogens is 2. The first-order chi connectivity index (χ1) is 21.8. The maximum Gasteiger partial charge on any atom is 0.256 e. The lowest BCUT2D eigenvalue weighted by Crippen LogP contribution is -2.31. The lowest BCUT2D eigenvalue weighted by molar-refractivity contribution is -0.123. The van der Waals surface area contributed by atoms with E-state index in [9.17, 15) is 4.79 Å². The third kappa shape index (κ3) is 5.16. The van der Waals surface area contributed by atoms with Crippen molar-refractivity contribution in [3.05, 3.63) is 95.5 Å². The topological polar surface area (TPSA) is 82.6 Å². The Bertz CT molecular complexity index is 1940. The van der Waals surface area contributed by atoms with Gasteiger partial charge in [0, 0.05) is 27.5 Å². The number of fused-ring (bicyclic) bond motifs is 1. The number of carbonyl (C=O) groups excluding carboxylic acids is 1. The van der Waals surface area contributed by atoms with Gasteiger partial charge in [-0.2, -0.15) is 0 Å². The highest BCUT2D eigenvalue weighted by Gasteiger charge is 2.41. The van der Waals surface area contributed by atoms with Crippen molar-refractivity contribution in [3.63, 3.8) is 0 Å². The molecule has 0 fully saturated rings. The predicted octanol–water partition coefficient (Wildman–Crippen LogP) is 7.44. The largest absolute Gasteiger partial charge is 0.481 e. The molecule has 4 heterocycles. The molecule has 0 saturated heterocycles. The van der Waals surface area contributed by atoms with E-state index in [0.29, 0.717) is 0 Å². The Morgan fingerprint density at radius 1 is 0.733 bits per heavy atom. The molecule has 0 spiro atoms. The first kappa shape index (κ1) is 32.5. The van der Waals surface area contributed by atoms with Crippen LogP contribution in [0.2, 0.25) is 0 Å². The zero-order chi connectivity index (χ0) is 32.5. The molecule has 2 aromatic heterocycles. The molecular formula is C39H50N4O2. The van der Waals surface area contributed by atoms with Gasteiger partial charge in [0.1, 0.15) is 0 Å². The number of para-hydroxylation sites is 1. The number of rotatable bonds is 10. The predicted molar refractivity (Wildman–Crippen MR) is 185 cm³/mol. The Morgan fingerprint density at radius 2 is 1.36 bits per heavy atom. The fourth-order valence-electron chi connectivity index (χ4n) is 7.79. The first-order valence-corrected chi connectivity index (χ1v) is 17.1. The highest BCUT2D eigenvalue weighted by atomic mass is 16.5. The summed E-state index contributed by atoms with van der Waals surface area (Å²) in [5, 5.41) is 4.06. The van der Waals surface area contributed by atoms with Gasteiger partial charge in [-0.1, -0.05) is 73.6 Å². The van der Waals surface area contributed by atoms with E-state index in [1.54, 1.807) is 7.11 Å². The van der Waals surface area contributed by atoms with E-state index >= 15 is 0 Å². The molecule has 6 heteroatoms. The fourth-order valence-corrected chi connectivity index (χ4v) is 7.79. The minimum atomic E-state index is -0.521. The number of allylic oxidation sites excluding steroid dienone is 1. The number of nitrogens with one attached hydrogen (secondary N) is 2. The highest BCUT2D eigenvalue weighted by Crippen LogP contribution is 2.35. The molecule has 0 aliphatic carbocycles. The van der Waals surface area contributed by atoms with Crippen LogP contribution >= 0.6 is 0 Å². The second-order valence-electron chi connectivity index (χ2n) is 12.1. The number of ether oxygens (including phenoxy) is 1. The third-order valence-electron chi connectivity index (χ3n) is 10.2. The van der Waals surface area contributed by atoms with E-state index in [2.05, 4.69) is 101 Å². The van der Waals surface area contributed by atoms with Gasteiger partial charge in [-0.15, -0.1) is 0 Å². The van der Waals surface area contributed by atoms with Gasteiger partial charge in [0.05, 0.1) is 28.9 Å². The third-order valence-corrected chi connectivity index (χ3v) is 10.2. The molecule has 0 radical (unpaired) electrons. The summed E-state index contributed by atoms with van der Waals surface area (Å²) in [7, 11) is 1.71. The van der Waals surface area contributed by atoms with Crippen LogP contribution in [0.1, 0.15) is 120 Å². The Kier molecular flexibility index (Phi) is 9.52. The molecule has 2 aliphatic heterocycles. The van der Waals surface area contributed by atoms with Gasteiger partial charge in [0.15, 0.2) is 0 Å². The van der Waals surface area contributed by atoms with Crippen LogP contribution in [0, 0.1) is 10.6 Å². The molecule has 45 heavy (non-hydrogen) atoms. The van der Waals surface area contributed by atoms with E-state index in [4.69, 9.17) is 9.73 Å². The molecule has 5 rings (SSSR count). The summed E-state index contributed by atoms with van der Waals surface area (Å²) in [6.07, 6.45) is 11.5. The Labute approximate surface area is 267 Å². The van der Waals surface area contributed by atoms with E-state index in [0.717, 1.165) is 101 Å². The summed E-state index contributed by atoms with van der Waals surface area (Å²) in [6.45, 7) is 17.5. The molecule has 3 aromatic rings. The number of hydrogen-bond donors (Lipinski definition) is 2. The smallest absolute Gasteiger partial charge is 0.256 e. The summed E-state index contributed by atoms with van der Waals surface area (Å²) < 4.78 is 5.65. The minimum Gasteiger partial charge on any atom is -0.481 e. The molecule has 0 unspecified atom stereocenters. The van der Waals surface area contributed by atoms with Crippen molar-refractivity contribution in [1.82, 2.24) is 9.97 Å². The van der Waals surface area contributed by atoms with Gasteiger partial charge in [-0.05, 0) is 96.9 Å². The van der Waals surface area contributed by atoms with Crippen LogP contribution in [-0.4, -0.2) is 28.9 Å². The lowest BCUT2D eigenvalue weighted by Gasteiger charge is -2.24. The highest BCUT2D eigenvalue weighted by molar-refractivity contribution is 6.00. The molecule has 2 aliphatic rings. The van der Waals surface area contributed by atoms with Gasteiger partial charge < -0.3 is 14.7 Å². The summed E-state index contributed by atoms with van der Waals surface area (Å²) in [5.41, 5.74) is 11.5. The number of aromatic nitrogens is 2. The quantitative estimate of drug-likeness (QED) is 0.251. The van der Waals surface area contributed by atoms with E-state index in [1.165, 1.54) is 33.4 Å². The minimum absolute atomic E-state index is 0.00822. The number of benzene rings is 1. The van der Waals surface area contributed by atoms with Crippen molar-refractivity contribution in [2.45, 2.75) is 112 Å². The molecule has 238 valence electrons. The van der Waals surface area contributed by atoms with Crippen LogP contribution in [0.5, 0.6) is 0 Å². The number of aromatic amines is 2. The van der Waals surface area contributed by atoms with E-state index in [-0.39, 0.29) is 5.91 Å². The number of carbonyl (C=O) groups is 1. The van der Waals surface area contributed by atoms with Crippen molar-refractivity contribution in [1.29, 1.82) is 0 Å². The maximum atomic E-state index is 13.3. The average molecular weight is 607 g/mol. The number of methoxy groups -OCH3 is 1. The van der Waals surface area contributed by atoms with Crippen LogP contribution in [0.25, 0.3) is 12.2 Å². The number of hydrogen-bond acceptors (Lipinski definition) is 3. The summed E-state index contributed by atoms with van der Waals surface area (Å²) >= 11 is 0. The van der Waals surface area contributed by atoms with Crippen LogP contribution in [0.4, 0.5) is 0 Å². The fraction of sp³-hybridized carbons (Fsp3) is 0.462. The van der Waals surface area contributed by atoms with Gasteiger partial charge in [-0.3, -0.25) is 4.79 Å². The van der Waals surface area contributed by atoms with Crippen molar-refractivity contribution < 1.29 is 9.53 Å². The molecule has 0 saturated carbocycles. The van der Waals surface area contributed by atoms with Crippen LogP contribution < -0.4 is 10.7 Å². The zero-order valence-corrected chi connectivity index (χ0v) is 28.8. The Hall–Kier alpha value is -3.93. The number of amides is 1. The number of nitrogens with zero attached hydrogens (tertiary/aromatic N) is 2. The normalized spacial score (nSPS) is 17.8. The standard InChI is InChI=1S/C39H50N4O2/c1-10-23-24(11-2)32(22-34-26(13-4)28(15-6)37(42-34)45-9)40-31(23)21-33-25(12-3)27(14-5)35(41-33)29-19-18-20-30-36(29)43-38(44)39(30,16-7)17-8/h18-22,40-41H,10-17H2,1-9H3/b33-21-,34-22-,35-29?. The molecule has 6 nitrogen and oxygen atoms in total. The van der Waals surface area contributed by atoms with E-state index < -0.39 is 5.41 Å². The van der Waals surface area contributed by atoms with E-state index in [1.807, 2.05) is 0 Å². The average Bonchev–Trinajstić information content (AvgIpc) is 3.78. The van der Waals surface area contributed by atoms with Gasteiger partial charge in [0.2, 0.25) is 5.90 Å². The summed E-state index contributed by atoms with van der Waals surface area (Å²) in [4.78, 5) is 30.5. The maximum absolute atomic E-state index is 13.3. The lowest BCUT2D eigenvalue weighted by atomic mass is 9.76. The molecule has 1 amide bonds. The van der Waals surface area contributed by atoms with Gasteiger partial charge in [0.25, 0.3) is 5.91 Å².